The van der Waals surface area contributed by atoms with Gasteiger partial charge in [-0.15, -0.1) is 0 Å². The van der Waals surface area contributed by atoms with Crippen LogP contribution in [0.25, 0.3) is 0 Å². The Labute approximate surface area is 117 Å². The van der Waals surface area contributed by atoms with Gasteiger partial charge in [0.25, 0.3) is 18.0 Å². The van der Waals surface area contributed by atoms with Crippen LogP contribution in [0.2, 0.25) is 0 Å². The van der Waals surface area contributed by atoms with Crippen molar-refractivity contribution in [2.45, 2.75) is 25.5 Å². The van der Waals surface area contributed by atoms with Crippen molar-refractivity contribution < 1.29 is 23.6 Å². The topological polar surface area (TPSA) is 96.0 Å². The van der Waals surface area contributed by atoms with E-state index in [4.69, 9.17) is 0 Å². The van der Waals surface area contributed by atoms with Gasteiger partial charge in [-0.1, -0.05) is 0 Å². The quantitative estimate of drug-likeness (QED) is 0.679. The number of aliphatic hydroxyl groups is 1. The average Bonchev–Trinajstić information content (AvgIpc) is 2.74. The number of hydrogen-bond acceptors (Lipinski definition) is 5. The molecule has 0 spiro atoms. The second kappa shape index (κ2) is 5.17. The van der Waals surface area contributed by atoms with E-state index >= 15 is 0 Å². The molecule has 9 heteroatoms. The van der Waals surface area contributed by atoms with E-state index in [2.05, 4.69) is 5.10 Å². The van der Waals surface area contributed by atoms with Crippen molar-refractivity contribution in [1.29, 1.82) is 0 Å². The first-order valence-corrected chi connectivity index (χ1v) is 5.89. The number of non-ortho nitro benzene ring substituents is 1. The predicted octanol–water partition coefficient (Wildman–Crippen LogP) is 1.77. The fraction of sp³-hybridized carbons (Fsp3) is 0.333. The van der Waals surface area contributed by atoms with Gasteiger partial charge in [0.05, 0.1) is 4.92 Å². The fourth-order valence-corrected chi connectivity index (χ4v) is 1.98. The zero-order valence-electron chi connectivity index (χ0n) is 10.9. The van der Waals surface area contributed by atoms with E-state index in [0.29, 0.717) is 5.01 Å². The van der Waals surface area contributed by atoms with Crippen molar-refractivity contribution in [2.24, 2.45) is 5.10 Å². The Morgan fingerprint density at radius 2 is 2.05 bits per heavy atom. The van der Waals surface area contributed by atoms with Gasteiger partial charge in [-0.3, -0.25) is 14.9 Å². The van der Waals surface area contributed by atoms with Gasteiger partial charge in [-0.05, 0) is 19.1 Å². The van der Waals surface area contributed by atoms with Gasteiger partial charge < -0.3 is 5.11 Å². The molecule has 0 aliphatic carbocycles. The van der Waals surface area contributed by atoms with Crippen molar-refractivity contribution in [1.82, 2.24) is 5.01 Å². The lowest BCUT2D eigenvalue weighted by molar-refractivity contribution is -0.384. The molecule has 1 aromatic carbocycles. The number of nitro groups is 1. The van der Waals surface area contributed by atoms with Crippen LogP contribution < -0.4 is 0 Å². The van der Waals surface area contributed by atoms with Gasteiger partial charge in [0.15, 0.2) is 0 Å². The molecule has 0 unspecified atom stereocenters. The van der Waals surface area contributed by atoms with Crippen molar-refractivity contribution in [2.75, 3.05) is 0 Å². The standard InChI is InChI=1S/C12H11F2N3O4/c1-7-6-12(19,11(13)14)16(15-7)10(18)8-2-4-9(5-3-8)17(20)21/h2-5,11,19H,6H2,1H3/t12-/m1/s1. The molecule has 0 fully saturated rings. The summed E-state index contributed by atoms with van der Waals surface area (Å²) in [5.41, 5.74) is -2.83. The molecule has 0 radical (unpaired) electrons. The molecular weight excluding hydrogens is 288 g/mol. The lowest BCUT2D eigenvalue weighted by Crippen LogP contribution is -2.51. The molecule has 2 rings (SSSR count). The summed E-state index contributed by atoms with van der Waals surface area (Å²) in [5, 5.41) is 24.4. The van der Waals surface area contributed by atoms with Gasteiger partial charge in [-0.25, -0.2) is 8.78 Å². The molecule has 1 amide bonds. The summed E-state index contributed by atoms with van der Waals surface area (Å²) in [7, 11) is 0. The minimum atomic E-state index is -3.19. The second-order valence-electron chi connectivity index (χ2n) is 4.61. The molecule has 1 aliphatic heterocycles. The molecule has 7 nitrogen and oxygen atoms in total. The molecule has 1 atom stereocenters. The highest BCUT2D eigenvalue weighted by Gasteiger charge is 2.51. The Morgan fingerprint density at radius 1 is 1.48 bits per heavy atom. The summed E-state index contributed by atoms with van der Waals surface area (Å²) < 4.78 is 26.0. The number of rotatable bonds is 3. The van der Waals surface area contributed by atoms with Crippen LogP contribution in [0, 0.1) is 10.1 Å². The maximum absolute atomic E-state index is 13.0. The predicted molar refractivity (Wildman–Crippen MR) is 67.9 cm³/mol. The number of alkyl halides is 2. The summed E-state index contributed by atoms with van der Waals surface area (Å²) in [6, 6.07) is 4.38. The zero-order chi connectivity index (χ0) is 15.8. The summed E-state index contributed by atoms with van der Waals surface area (Å²) in [4.78, 5) is 22.0. The SMILES string of the molecule is CC1=NN(C(=O)c2ccc([N+](=O)[O-])cc2)[C@](O)(C(F)F)C1. The van der Waals surface area contributed by atoms with E-state index in [1.807, 2.05) is 0 Å². The summed E-state index contributed by atoms with van der Waals surface area (Å²) in [6.07, 6.45) is -3.65. The van der Waals surface area contributed by atoms with Crippen molar-refractivity contribution in [3.8, 4) is 0 Å². The van der Waals surface area contributed by atoms with E-state index in [1.54, 1.807) is 0 Å². The van der Waals surface area contributed by atoms with Crippen LogP contribution in [0.5, 0.6) is 0 Å². The molecular formula is C12H11F2N3O4. The minimum Gasteiger partial charge on any atom is -0.364 e. The summed E-state index contributed by atoms with van der Waals surface area (Å²) in [6.45, 7) is 1.41. The Morgan fingerprint density at radius 3 is 2.52 bits per heavy atom. The van der Waals surface area contributed by atoms with Crippen LogP contribution in [0.3, 0.4) is 0 Å². The lowest BCUT2D eigenvalue weighted by Gasteiger charge is -2.30. The summed E-state index contributed by atoms with van der Waals surface area (Å²) >= 11 is 0. The molecule has 1 aromatic rings. The van der Waals surface area contributed by atoms with Crippen LogP contribution in [0.15, 0.2) is 29.4 Å². The molecule has 1 heterocycles. The molecule has 21 heavy (non-hydrogen) atoms. The highest BCUT2D eigenvalue weighted by Crippen LogP contribution is 2.32. The molecule has 0 aromatic heterocycles. The second-order valence-corrected chi connectivity index (χ2v) is 4.61. The van der Waals surface area contributed by atoms with Crippen molar-refractivity contribution in [3.05, 3.63) is 39.9 Å². The van der Waals surface area contributed by atoms with Gasteiger partial charge in [0.2, 0.25) is 5.72 Å². The Hall–Kier alpha value is -2.42. The average molecular weight is 299 g/mol. The highest BCUT2D eigenvalue weighted by molar-refractivity contribution is 5.97. The van der Waals surface area contributed by atoms with Crippen molar-refractivity contribution in [3.63, 3.8) is 0 Å². The molecule has 112 valence electrons. The Bertz CT molecular complexity index is 617. The van der Waals surface area contributed by atoms with Crippen LogP contribution in [0.4, 0.5) is 14.5 Å². The maximum Gasteiger partial charge on any atom is 0.287 e. The first-order chi connectivity index (χ1) is 9.75. The lowest BCUT2D eigenvalue weighted by atomic mass is 10.1. The van der Waals surface area contributed by atoms with E-state index in [0.717, 1.165) is 24.3 Å². The third kappa shape index (κ3) is 2.59. The molecule has 1 N–H and O–H groups in total. The monoisotopic (exact) mass is 299 g/mol. The maximum atomic E-state index is 13.0. The number of amides is 1. The highest BCUT2D eigenvalue weighted by atomic mass is 19.3. The third-order valence-corrected chi connectivity index (χ3v) is 3.02. The van der Waals surface area contributed by atoms with E-state index in [9.17, 15) is 28.8 Å². The number of carbonyl (C=O) groups excluding carboxylic acids is 1. The van der Waals surface area contributed by atoms with Crippen LogP contribution >= 0.6 is 0 Å². The largest absolute Gasteiger partial charge is 0.364 e. The number of halogens is 2. The van der Waals surface area contributed by atoms with Gasteiger partial charge in [0.1, 0.15) is 0 Å². The van der Waals surface area contributed by atoms with Gasteiger partial charge in [-0.2, -0.15) is 10.1 Å². The van der Waals surface area contributed by atoms with E-state index in [-0.39, 0.29) is 17.0 Å². The van der Waals surface area contributed by atoms with Crippen LogP contribution in [-0.2, 0) is 0 Å². The fourth-order valence-electron chi connectivity index (χ4n) is 1.98. The first kappa shape index (κ1) is 15.0. The molecule has 1 aliphatic rings. The van der Waals surface area contributed by atoms with Gasteiger partial charge in [0, 0.05) is 29.8 Å². The third-order valence-electron chi connectivity index (χ3n) is 3.02. The van der Waals surface area contributed by atoms with Gasteiger partial charge >= 0.3 is 0 Å². The number of nitrogens with zero attached hydrogens (tertiary/aromatic N) is 3. The molecule has 0 saturated carbocycles. The zero-order valence-corrected chi connectivity index (χ0v) is 10.9. The Kier molecular flexibility index (Phi) is 3.69. The van der Waals surface area contributed by atoms with E-state index < -0.39 is 29.4 Å². The van der Waals surface area contributed by atoms with Crippen molar-refractivity contribution >= 4 is 17.3 Å². The molecule has 0 bridgehead atoms. The number of nitro benzene ring substituents is 1. The molecule has 0 saturated heterocycles. The Balaban J connectivity index is 2.32. The normalized spacial score (nSPS) is 21.6. The number of hydrogen-bond donors (Lipinski definition) is 1. The van der Waals surface area contributed by atoms with Crippen LogP contribution in [-0.4, -0.2) is 38.8 Å². The van der Waals surface area contributed by atoms with E-state index in [1.165, 1.54) is 6.92 Å². The summed E-state index contributed by atoms with van der Waals surface area (Å²) in [5.74, 6) is -0.954. The number of benzene rings is 1. The minimum absolute atomic E-state index is 0.0851. The number of carbonyl (C=O) groups is 1. The van der Waals surface area contributed by atoms with Crippen LogP contribution in [0.1, 0.15) is 23.7 Å². The smallest absolute Gasteiger partial charge is 0.287 e. The first-order valence-electron chi connectivity index (χ1n) is 5.89. The number of hydrazone groups is 1.